The molecule has 17 heavy (non-hydrogen) atoms. The highest BCUT2D eigenvalue weighted by Crippen LogP contribution is 2.35. The van der Waals surface area contributed by atoms with Gasteiger partial charge in [0.05, 0.1) is 17.1 Å². The number of nitrogens with two attached hydrogens (primary N) is 2. The van der Waals surface area contributed by atoms with Crippen LogP contribution in [0.25, 0.3) is 0 Å². The lowest BCUT2D eigenvalue weighted by molar-refractivity contribution is 0.629. The van der Waals surface area contributed by atoms with Crippen LogP contribution in [-0.4, -0.2) is 6.54 Å². The third-order valence-corrected chi connectivity index (χ3v) is 3.44. The van der Waals surface area contributed by atoms with Gasteiger partial charge in [-0.15, -0.1) is 0 Å². The van der Waals surface area contributed by atoms with Crippen molar-refractivity contribution in [3.63, 3.8) is 0 Å². The summed E-state index contributed by atoms with van der Waals surface area (Å²) in [6, 6.07) is 1.48. The van der Waals surface area contributed by atoms with Gasteiger partial charge in [-0.2, -0.15) is 0 Å². The molecule has 1 saturated carbocycles. The first kappa shape index (κ1) is 12.3. The lowest BCUT2D eigenvalue weighted by atomic mass is 10.2. The van der Waals surface area contributed by atoms with Crippen LogP contribution in [0.4, 0.5) is 21.5 Å². The number of rotatable bonds is 5. The SMILES string of the molecule is Nc1cc(N)c(NCCCC2CC2)c(F)c1Cl. The maximum absolute atomic E-state index is 13.8. The van der Waals surface area contributed by atoms with Crippen molar-refractivity contribution in [3.05, 3.63) is 16.9 Å². The molecule has 0 amide bonds. The quantitative estimate of drug-likeness (QED) is 0.560. The van der Waals surface area contributed by atoms with Crippen molar-refractivity contribution in [1.82, 2.24) is 0 Å². The van der Waals surface area contributed by atoms with Gasteiger partial charge in [-0.3, -0.25) is 0 Å². The van der Waals surface area contributed by atoms with Crippen LogP contribution in [0.15, 0.2) is 6.07 Å². The van der Waals surface area contributed by atoms with Gasteiger partial charge in [0.15, 0.2) is 5.82 Å². The minimum Gasteiger partial charge on any atom is -0.397 e. The van der Waals surface area contributed by atoms with Gasteiger partial charge >= 0.3 is 0 Å². The molecule has 1 aliphatic rings. The molecule has 5 N–H and O–H groups in total. The molecule has 94 valence electrons. The molecule has 1 fully saturated rings. The molecule has 1 aromatic carbocycles. The lowest BCUT2D eigenvalue weighted by Gasteiger charge is -2.12. The summed E-state index contributed by atoms with van der Waals surface area (Å²) >= 11 is 5.73. The fourth-order valence-corrected chi connectivity index (χ4v) is 2.01. The van der Waals surface area contributed by atoms with Crippen molar-refractivity contribution < 1.29 is 4.39 Å². The Bertz CT molecular complexity index is 419. The van der Waals surface area contributed by atoms with Crippen LogP contribution in [0.5, 0.6) is 0 Å². The third kappa shape index (κ3) is 2.94. The zero-order valence-electron chi connectivity index (χ0n) is 9.60. The molecule has 0 unspecified atom stereocenters. The molecule has 0 saturated heterocycles. The van der Waals surface area contributed by atoms with E-state index in [2.05, 4.69) is 5.32 Å². The Labute approximate surface area is 105 Å². The normalized spacial score (nSPS) is 14.9. The summed E-state index contributed by atoms with van der Waals surface area (Å²) in [6.45, 7) is 0.706. The maximum atomic E-state index is 13.8. The van der Waals surface area contributed by atoms with Crippen molar-refractivity contribution in [2.45, 2.75) is 25.7 Å². The second-order valence-corrected chi connectivity index (χ2v) is 4.95. The predicted molar refractivity (Wildman–Crippen MR) is 70.7 cm³/mol. The van der Waals surface area contributed by atoms with Gasteiger partial charge in [0.2, 0.25) is 0 Å². The Kier molecular flexibility index (Phi) is 3.62. The third-order valence-electron chi connectivity index (χ3n) is 3.05. The van der Waals surface area contributed by atoms with E-state index in [4.69, 9.17) is 23.1 Å². The number of nitrogen functional groups attached to an aromatic ring is 2. The number of nitrogens with one attached hydrogen (secondary N) is 1. The number of anilines is 3. The van der Waals surface area contributed by atoms with Crippen molar-refractivity contribution in [2.24, 2.45) is 5.92 Å². The number of hydrogen-bond donors (Lipinski definition) is 3. The summed E-state index contributed by atoms with van der Waals surface area (Å²) in [5.74, 6) is 0.324. The number of halogens is 2. The van der Waals surface area contributed by atoms with E-state index in [1.165, 1.54) is 25.3 Å². The highest BCUT2D eigenvalue weighted by molar-refractivity contribution is 6.33. The molecular weight excluding hydrogens is 241 g/mol. The van der Waals surface area contributed by atoms with Crippen LogP contribution in [0.1, 0.15) is 25.7 Å². The number of benzene rings is 1. The van der Waals surface area contributed by atoms with E-state index in [1.807, 2.05) is 0 Å². The molecule has 0 spiro atoms. The lowest BCUT2D eigenvalue weighted by Crippen LogP contribution is -2.08. The summed E-state index contributed by atoms with van der Waals surface area (Å²) in [6.07, 6.45) is 4.89. The molecule has 2 rings (SSSR count). The highest BCUT2D eigenvalue weighted by atomic mass is 35.5. The van der Waals surface area contributed by atoms with Crippen LogP contribution in [0, 0.1) is 11.7 Å². The first-order chi connectivity index (χ1) is 8.09. The predicted octanol–water partition coefficient (Wildman–Crippen LogP) is 3.25. The van der Waals surface area contributed by atoms with E-state index in [0.29, 0.717) is 12.2 Å². The monoisotopic (exact) mass is 257 g/mol. The van der Waals surface area contributed by atoms with E-state index < -0.39 is 5.82 Å². The van der Waals surface area contributed by atoms with Crippen molar-refractivity contribution >= 4 is 28.7 Å². The minimum atomic E-state index is -0.560. The molecule has 0 bridgehead atoms. The van der Waals surface area contributed by atoms with Crippen LogP contribution < -0.4 is 16.8 Å². The molecule has 0 aromatic heterocycles. The maximum Gasteiger partial charge on any atom is 0.169 e. The summed E-state index contributed by atoms with van der Waals surface area (Å²) in [4.78, 5) is 0. The largest absolute Gasteiger partial charge is 0.397 e. The zero-order chi connectivity index (χ0) is 12.4. The average Bonchev–Trinajstić information content (AvgIpc) is 3.09. The van der Waals surface area contributed by atoms with Gasteiger partial charge < -0.3 is 16.8 Å². The fraction of sp³-hybridized carbons (Fsp3) is 0.500. The van der Waals surface area contributed by atoms with Crippen molar-refractivity contribution in [2.75, 3.05) is 23.3 Å². The van der Waals surface area contributed by atoms with E-state index >= 15 is 0 Å². The number of hydrogen-bond acceptors (Lipinski definition) is 3. The van der Waals surface area contributed by atoms with Gasteiger partial charge in [-0.25, -0.2) is 4.39 Å². The Balaban J connectivity index is 1.96. The fourth-order valence-electron chi connectivity index (χ4n) is 1.86. The van der Waals surface area contributed by atoms with Crippen LogP contribution >= 0.6 is 11.6 Å². The second kappa shape index (κ2) is 5.00. The van der Waals surface area contributed by atoms with Crippen molar-refractivity contribution in [1.29, 1.82) is 0 Å². The molecular formula is C12H17ClFN3. The van der Waals surface area contributed by atoms with Gasteiger partial charge in [-0.1, -0.05) is 24.4 Å². The van der Waals surface area contributed by atoms with Crippen LogP contribution in [-0.2, 0) is 0 Å². The van der Waals surface area contributed by atoms with E-state index in [9.17, 15) is 4.39 Å². The smallest absolute Gasteiger partial charge is 0.169 e. The summed E-state index contributed by atoms with van der Waals surface area (Å²) in [5, 5.41) is 2.93. The summed E-state index contributed by atoms with van der Waals surface area (Å²) in [5.41, 5.74) is 12.0. The molecule has 0 aliphatic heterocycles. The molecule has 3 nitrogen and oxygen atoms in total. The van der Waals surface area contributed by atoms with E-state index in [0.717, 1.165) is 12.3 Å². The summed E-state index contributed by atoms with van der Waals surface area (Å²) in [7, 11) is 0. The molecule has 1 aromatic rings. The zero-order valence-corrected chi connectivity index (χ0v) is 10.4. The highest BCUT2D eigenvalue weighted by Gasteiger charge is 2.20. The Morgan fingerprint density at radius 2 is 2.06 bits per heavy atom. The van der Waals surface area contributed by atoms with Crippen LogP contribution in [0.2, 0.25) is 5.02 Å². The molecule has 5 heteroatoms. The molecule has 0 heterocycles. The standard InChI is InChI=1S/C12H17ClFN3/c13-10-8(15)6-9(16)12(11(10)14)17-5-1-2-7-3-4-7/h6-7,17H,1-5,15-16H2. The van der Waals surface area contributed by atoms with Gasteiger partial charge in [-0.05, 0) is 24.8 Å². The molecule has 1 aliphatic carbocycles. The molecule has 0 radical (unpaired) electrons. The van der Waals surface area contributed by atoms with Gasteiger partial charge in [0.1, 0.15) is 5.02 Å². The summed E-state index contributed by atoms with van der Waals surface area (Å²) < 4.78 is 13.8. The van der Waals surface area contributed by atoms with Gasteiger partial charge in [0.25, 0.3) is 0 Å². The first-order valence-electron chi connectivity index (χ1n) is 5.86. The van der Waals surface area contributed by atoms with Gasteiger partial charge in [0, 0.05) is 6.54 Å². The Morgan fingerprint density at radius 3 is 2.71 bits per heavy atom. The Hall–Kier alpha value is -1.16. The minimum absolute atomic E-state index is 0.0658. The molecule has 0 atom stereocenters. The first-order valence-corrected chi connectivity index (χ1v) is 6.24. The average molecular weight is 258 g/mol. The van der Waals surface area contributed by atoms with Crippen LogP contribution in [0.3, 0.4) is 0 Å². The van der Waals surface area contributed by atoms with Crippen molar-refractivity contribution in [3.8, 4) is 0 Å². The van der Waals surface area contributed by atoms with E-state index in [-0.39, 0.29) is 16.4 Å². The topological polar surface area (TPSA) is 64.1 Å². The Morgan fingerprint density at radius 1 is 1.35 bits per heavy atom. The van der Waals surface area contributed by atoms with E-state index in [1.54, 1.807) is 0 Å². The second-order valence-electron chi connectivity index (χ2n) is 4.57.